The number of ether oxygens (including phenoxy) is 3. The number of hydrogen-bond acceptors (Lipinski definition) is 9. The molecular formula is C39H46N8O8. The highest BCUT2D eigenvalue weighted by atomic mass is 16.5. The molecule has 0 aliphatic carbocycles. The lowest BCUT2D eigenvalue weighted by Gasteiger charge is -2.30. The number of carbonyl (C=O) groups excluding carboxylic acids is 3. The number of rotatable bonds is 11. The Labute approximate surface area is 318 Å². The zero-order valence-electron chi connectivity index (χ0n) is 31.4. The first-order valence-corrected chi connectivity index (χ1v) is 18.2. The van der Waals surface area contributed by atoms with Crippen molar-refractivity contribution in [2.45, 2.75) is 75.9 Å². The maximum Gasteiger partial charge on any atom is 0.407 e. The van der Waals surface area contributed by atoms with Gasteiger partial charge in [-0.15, -0.1) is 0 Å². The van der Waals surface area contributed by atoms with Crippen LogP contribution < -0.4 is 10.6 Å². The molecule has 5 N–H and O–H groups in total. The highest BCUT2D eigenvalue weighted by molar-refractivity contribution is 5.88. The van der Waals surface area contributed by atoms with Crippen LogP contribution in [0.2, 0.25) is 0 Å². The number of carboxylic acid groups (broad SMARTS) is 1. The maximum absolute atomic E-state index is 13.5. The summed E-state index contributed by atoms with van der Waals surface area (Å²) in [5, 5.41) is 14.2. The van der Waals surface area contributed by atoms with Crippen LogP contribution in [0.4, 0.5) is 9.59 Å². The van der Waals surface area contributed by atoms with Gasteiger partial charge in [0.15, 0.2) is 0 Å². The molecule has 0 saturated carbocycles. The van der Waals surface area contributed by atoms with Crippen LogP contribution in [0, 0.1) is 11.8 Å². The summed E-state index contributed by atoms with van der Waals surface area (Å²) in [5.74, 6) is 6.93. The minimum absolute atomic E-state index is 0.274. The zero-order valence-corrected chi connectivity index (χ0v) is 31.4. The van der Waals surface area contributed by atoms with Crippen LogP contribution in [-0.4, -0.2) is 118 Å². The van der Waals surface area contributed by atoms with E-state index in [1.165, 1.54) is 21.3 Å². The third-order valence-corrected chi connectivity index (χ3v) is 10.3. The molecule has 6 atom stereocenters. The molecule has 16 heteroatoms. The van der Waals surface area contributed by atoms with Crippen molar-refractivity contribution in [3.8, 4) is 23.0 Å². The number of likely N-dealkylation sites (tertiary alicyclic amines) is 2. The van der Waals surface area contributed by atoms with Gasteiger partial charge in [-0.1, -0.05) is 24.1 Å². The number of nitrogens with zero attached hydrogens (tertiary/aromatic N) is 4. The van der Waals surface area contributed by atoms with Crippen LogP contribution in [0.1, 0.15) is 74.5 Å². The molecule has 0 unspecified atom stereocenters. The van der Waals surface area contributed by atoms with Crippen LogP contribution in [0.15, 0.2) is 48.7 Å². The number of hydrogen-bond donors (Lipinski definition) is 5. The second kappa shape index (κ2) is 17.0. The largest absolute Gasteiger partial charge is 0.465 e. The van der Waals surface area contributed by atoms with E-state index < -0.39 is 36.5 Å². The van der Waals surface area contributed by atoms with Crippen LogP contribution >= 0.6 is 0 Å². The Hall–Kier alpha value is -5.92. The zero-order chi connectivity index (χ0) is 39.2. The number of nitrogens with one attached hydrogen (secondary N) is 4. The molecule has 290 valence electrons. The highest BCUT2D eigenvalue weighted by Gasteiger charge is 2.40. The van der Waals surface area contributed by atoms with Gasteiger partial charge in [0, 0.05) is 39.1 Å². The molecular weight excluding hydrogens is 708 g/mol. The number of benzene rings is 2. The molecule has 0 radical (unpaired) electrons. The molecule has 16 nitrogen and oxygen atoms in total. The monoisotopic (exact) mass is 754 g/mol. The number of aromatic amines is 2. The fourth-order valence-electron chi connectivity index (χ4n) is 7.15. The summed E-state index contributed by atoms with van der Waals surface area (Å²) < 4.78 is 15.4. The Kier molecular flexibility index (Phi) is 12.0. The van der Waals surface area contributed by atoms with E-state index in [1.54, 1.807) is 29.8 Å². The lowest BCUT2D eigenvalue weighted by Crippen LogP contribution is -2.54. The molecule has 4 heterocycles. The van der Waals surface area contributed by atoms with Crippen molar-refractivity contribution in [3.63, 3.8) is 0 Å². The van der Waals surface area contributed by atoms with Gasteiger partial charge >= 0.3 is 12.2 Å². The maximum atomic E-state index is 13.5. The average molecular weight is 755 g/mol. The molecule has 2 saturated heterocycles. The second-order valence-electron chi connectivity index (χ2n) is 13.7. The molecule has 2 aliphatic heterocycles. The first-order valence-electron chi connectivity index (χ1n) is 18.2. The van der Waals surface area contributed by atoms with E-state index >= 15 is 0 Å². The summed E-state index contributed by atoms with van der Waals surface area (Å²) >= 11 is 0. The summed E-state index contributed by atoms with van der Waals surface area (Å²) in [6, 6.07) is 11.2. The molecule has 6 rings (SSSR count). The Balaban J connectivity index is 1.13. The lowest BCUT2D eigenvalue weighted by molar-refractivity contribution is -0.138. The number of aromatic nitrogens is 4. The van der Waals surface area contributed by atoms with Crippen molar-refractivity contribution in [1.82, 2.24) is 40.4 Å². The van der Waals surface area contributed by atoms with Crippen LogP contribution in [-0.2, 0) is 23.8 Å². The summed E-state index contributed by atoms with van der Waals surface area (Å²) in [4.78, 5) is 69.9. The van der Waals surface area contributed by atoms with Gasteiger partial charge in [-0.3, -0.25) is 9.59 Å². The third kappa shape index (κ3) is 8.58. The molecule has 2 aliphatic rings. The Bertz CT molecular complexity index is 2090. The molecule has 4 aromatic rings. The van der Waals surface area contributed by atoms with Crippen LogP contribution in [0.3, 0.4) is 0 Å². The van der Waals surface area contributed by atoms with Gasteiger partial charge in [-0.2, -0.15) is 0 Å². The molecule has 55 heavy (non-hydrogen) atoms. The fourth-order valence-corrected chi connectivity index (χ4v) is 7.15. The number of imidazole rings is 2. The molecule has 4 amide bonds. The number of amides is 4. The summed E-state index contributed by atoms with van der Waals surface area (Å²) in [6.45, 7) is 4.38. The van der Waals surface area contributed by atoms with Gasteiger partial charge in [0.2, 0.25) is 11.8 Å². The number of fused-ring (bicyclic) bond motifs is 1. The number of carbonyl (C=O) groups is 4. The number of H-pyrrole nitrogens is 2. The van der Waals surface area contributed by atoms with Gasteiger partial charge in [0.05, 0.1) is 42.4 Å². The summed E-state index contributed by atoms with van der Waals surface area (Å²) in [6.07, 6.45) is 1.48. The van der Waals surface area contributed by atoms with E-state index in [9.17, 15) is 24.3 Å². The van der Waals surface area contributed by atoms with Crippen molar-refractivity contribution < 1.29 is 38.5 Å². The van der Waals surface area contributed by atoms with Crippen molar-refractivity contribution in [1.29, 1.82) is 0 Å². The average Bonchev–Trinajstić information content (AvgIpc) is 4.03. The van der Waals surface area contributed by atoms with E-state index in [1.807, 2.05) is 42.5 Å². The van der Waals surface area contributed by atoms with Crippen LogP contribution in [0.25, 0.3) is 22.2 Å². The van der Waals surface area contributed by atoms with Gasteiger partial charge in [-0.05, 0) is 80.8 Å². The molecule has 0 spiro atoms. The van der Waals surface area contributed by atoms with Crippen molar-refractivity contribution in [2.75, 3.05) is 34.4 Å². The Morgan fingerprint density at radius 1 is 0.818 bits per heavy atom. The third-order valence-electron chi connectivity index (χ3n) is 10.3. The standard InChI is InChI=1S/C39H46N8O8/c1-22(53-3)32(44-38(50)51)36(48)47-19-7-9-31(47)35-42-28-17-15-26(20-29(28)43-35)25-13-10-24(11-14-25)12-16-27-21-40-34(41-27)30-8-6-18-46(30)37(49)33(23(2)54-4)45-39(52)55-5/h10-11,13-15,17,20-23,30-33,44H,6-9,18-19H2,1-5H3,(H,40,41)(H,42,43)(H,45,52)(H,50,51)/t22-,23-,30+,31+,32+,33+/m1/s1. The fraction of sp³-hybridized carbons (Fsp3) is 0.436. The Morgan fingerprint density at radius 2 is 1.42 bits per heavy atom. The smallest absolute Gasteiger partial charge is 0.407 e. The van der Waals surface area contributed by atoms with E-state index in [4.69, 9.17) is 19.2 Å². The first kappa shape index (κ1) is 38.8. The predicted octanol–water partition coefficient (Wildman–Crippen LogP) is 4.11. The lowest BCUT2D eigenvalue weighted by atomic mass is 10.0. The number of methoxy groups -OCH3 is 3. The van der Waals surface area contributed by atoms with Gasteiger partial charge < -0.3 is 49.7 Å². The summed E-state index contributed by atoms with van der Waals surface area (Å²) in [5.41, 5.74) is 4.85. The van der Waals surface area contributed by atoms with Crippen molar-refractivity contribution in [3.05, 3.63) is 71.6 Å². The topological polar surface area (TPSA) is 204 Å². The second-order valence-corrected chi connectivity index (χ2v) is 13.7. The predicted molar refractivity (Wildman–Crippen MR) is 201 cm³/mol. The SMILES string of the molecule is COC(=O)N[C@H](C(=O)N1CCC[C@H]1c1nc(C#Cc2ccc(-c3ccc4[nH]c([C@@H]5CCCN5C(=O)[C@@H](NC(=O)O)[C@@H](C)OC)nc4c3)cc2)c[nH]1)[C@@H](C)OC. The highest BCUT2D eigenvalue weighted by Crippen LogP contribution is 2.34. The molecule has 2 aromatic carbocycles. The van der Waals surface area contributed by atoms with Crippen molar-refractivity contribution in [2.24, 2.45) is 0 Å². The van der Waals surface area contributed by atoms with Crippen LogP contribution in [0.5, 0.6) is 0 Å². The normalized spacial score (nSPS) is 18.9. The van der Waals surface area contributed by atoms with E-state index in [0.29, 0.717) is 43.3 Å². The first-order chi connectivity index (χ1) is 26.5. The van der Waals surface area contributed by atoms with Gasteiger partial charge in [0.25, 0.3) is 0 Å². The minimum atomic E-state index is -1.29. The molecule has 2 fully saturated rings. The Morgan fingerprint density at radius 3 is 2.02 bits per heavy atom. The summed E-state index contributed by atoms with van der Waals surface area (Å²) in [7, 11) is 4.17. The van der Waals surface area contributed by atoms with Gasteiger partial charge in [0.1, 0.15) is 29.4 Å². The number of alkyl carbamates (subject to hydrolysis) is 1. The molecule has 0 bridgehead atoms. The van der Waals surface area contributed by atoms with E-state index in [0.717, 1.165) is 40.6 Å². The van der Waals surface area contributed by atoms with Crippen molar-refractivity contribution >= 4 is 35.0 Å². The van der Waals surface area contributed by atoms with Gasteiger partial charge in [-0.25, -0.2) is 19.6 Å². The molecule has 2 aromatic heterocycles. The minimum Gasteiger partial charge on any atom is -0.465 e. The van der Waals surface area contributed by atoms with E-state index in [2.05, 4.69) is 37.4 Å². The van der Waals surface area contributed by atoms with E-state index in [-0.39, 0.29) is 23.9 Å². The quantitative estimate of drug-likeness (QED) is 0.139.